The van der Waals surface area contributed by atoms with Crippen LogP contribution in [0.25, 0.3) is 0 Å². The van der Waals surface area contributed by atoms with Gasteiger partial charge in [0, 0.05) is 12.2 Å². The Labute approximate surface area is 92.0 Å². The minimum absolute atomic E-state index is 0.738. The van der Waals surface area contributed by atoms with Gasteiger partial charge in [-0.05, 0) is 25.5 Å². The number of nitrogens with one attached hydrogen (secondary N) is 1. The van der Waals surface area contributed by atoms with Gasteiger partial charge in [-0.25, -0.2) is 0 Å². The van der Waals surface area contributed by atoms with Crippen LogP contribution in [0.1, 0.15) is 13.3 Å². The van der Waals surface area contributed by atoms with Crippen LogP contribution in [0, 0.1) is 0 Å². The number of hydrogen-bond acceptors (Lipinski definition) is 2. The lowest BCUT2D eigenvalue weighted by Crippen LogP contribution is -2.09. The van der Waals surface area contributed by atoms with E-state index < -0.39 is 0 Å². The normalized spacial score (nSPS) is 9.93. The van der Waals surface area contributed by atoms with Gasteiger partial charge in [0.25, 0.3) is 0 Å². The first kappa shape index (κ1) is 11.8. The Morgan fingerprint density at radius 1 is 1.27 bits per heavy atom. The van der Waals surface area contributed by atoms with E-state index in [1.165, 1.54) is 5.57 Å². The van der Waals surface area contributed by atoms with E-state index in [0.717, 1.165) is 31.9 Å². The van der Waals surface area contributed by atoms with Gasteiger partial charge < -0.3 is 10.1 Å². The molecule has 1 aromatic rings. The van der Waals surface area contributed by atoms with Crippen molar-refractivity contribution in [3.63, 3.8) is 0 Å². The van der Waals surface area contributed by atoms with Crippen LogP contribution in [0.5, 0.6) is 0 Å². The second-order valence-electron chi connectivity index (χ2n) is 3.61. The van der Waals surface area contributed by atoms with Crippen molar-refractivity contribution >= 4 is 5.69 Å². The molecule has 0 amide bonds. The summed E-state index contributed by atoms with van der Waals surface area (Å²) in [6.45, 7) is 8.20. The maximum atomic E-state index is 5.44. The highest BCUT2D eigenvalue weighted by Crippen LogP contribution is 2.03. The first-order chi connectivity index (χ1) is 7.29. The summed E-state index contributed by atoms with van der Waals surface area (Å²) in [5.41, 5.74) is 2.31. The highest BCUT2D eigenvalue weighted by Gasteiger charge is 1.91. The van der Waals surface area contributed by atoms with Crippen molar-refractivity contribution in [1.29, 1.82) is 0 Å². The number of ether oxygens (including phenoxy) is 1. The summed E-state index contributed by atoms with van der Waals surface area (Å²) in [5, 5.41) is 3.29. The Kier molecular flexibility index (Phi) is 5.56. The summed E-state index contributed by atoms with van der Waals surface area (Å²) in [7, 11) is 0. The molecule has 0 heterocycles. The molecule has 0 aliphatic rings. The molecule has 0 saturated heterocycles. The monoisotopic (exact) mass is 205 g/mol. The molecule has 0 radical (unpaired) electrons. The van der Waals surface area contributed by atoms with E-state index in [2.05, 4.69) is 11.9 Å². The quantitative estimate of drug-likeness (QED) is 0.545. The van der Waals surface area contributed by atoms with Crippen molar-refractivity contribution in [3.05, 3.63) is 42.5 Å². The van der Waals surface area contributed by atoms with Crippen LogP contribution in [-0.2, 0) is 4.74 Å². The Balaban J connectivity index is 2.00. The van der Waals surface area contributed by atoms with Crippen LogP contribution in [0.4, 0.5) is 5.69 Å². The van der Waals surface area contributed by atoms with Crippen LogP contribution in [-0.4, -0.2) is 19.8 Å². The molecular formula is C13H19NO. The molecule has 0 spiro atoms. The van der Waals surface area contributed by atoms with E-state index >= 15 is 0 Å². The standard InChI is InChI=1S/C13H19NO/c1-12(2)8-10-15-11-9-14-13-6-4-3-5-7-13/h3-7,14H,1,8-11H2,2H3. The zero-order chi connectivity index (χ0) is 10.9. The third kappa shape index (κ3) is 5.92. The van der Waals surface area contributed by atoms with E-state index in [1.807, 2.05) is 37.3 Å². The predicted octanol–water partition coefficient (Wildman–Crippen LogP) is 3.08. The largest absolute Gasteiger partial charge is 0.383 e. The summed E-state index contributed by atoms with van der Waals surface area (Å²) in [6.07, 6.45) is 0.950. The van der Waals surface area contributed by atoms with Crippen LogP contribution in [0.2, 0.25) is 0 Å². The van der Waals surface area contributed by atoms with Crippen LogP contribution in [0.15, 0.2) is 42.5 Å². The zero-order valence-electron chi connectivity index (χ0n) is 9.33. The molecule has 0 bridgehead atoms. The lowest BCUT2D eigenvalue weighted by atomic mass is 10.3. The Morgan fingerprint density at radius 2 is 2.00 bits per heavy atom. The summed E-state index contributed by atoms with van der Waals surface area (Å²) in [6, 6.07) is 10.1. The first-order valence-electron chi connectivity index (χ1n) is 5.30. The molecule has 0 aliphatic carbocycles. The molecule has 1 rings (SSSR count). The van der Waals surface area contributed by atoms with Crippen molar-refractivity contribution in [2.24, 2.45) is 0 Å². The average molecular weight is 205 g/mol. The van der Waals surface area contributed by atoms with E-state index in [4.69, 9.17) is 4.74 Å². The van der Waals surface area contributed by atoms with Gasteiger partial charge in [0.05, 0.1) is 13.2 Å². The predicted molar refractivity (Wildman–Crippen MR) is 65.2 cm³/mol. The fourth-order valence-electron chi connectivity index (χ4n) is 1.17. The van der Waals surface area contributed by atoms with E-state index in [-0.39, 0.29) is 0 Å². The van der Waals surface area contributed by atoms with Crippen LogP contribution >= 0.6 is 0 Å². The molecule has 0 saturated carbocycles. The molecule has 2 heteroatoms. The first-order valence-corrected chi connectivity index (χ1v) is 5.30. The van der Waals surface area contributed by atoms with Crippen molar-refractivity contribution in [2.75, 3.05) is 25.1 Å². The molecule has 1 aromatic carbocycles. The van der Waals surface area contributed by atoms with Crippen molar-refractivity contribution in [1.82, 2.24) is 0 Å². The number of hydrogen-bond donors (Lipinski definition) is 1. The van der Waals surface area contributed by atoms with E-state index in [1.54, 1.807) is 0 Å². The molecule has 1 N–H and O–H groups in total. The highest BCUT2D eigenvalue weighted by atomic mass is 16.5. The maximum absolute atomic E-state index is 5.44. The molecule has 0 aliphatic heterocycles. The molecule has 0 unspecified atom stereocenters. The van der Waals surface area contributed by atoms with Crippen molar-refractivity contribution in [3.8, 4) is 0 Å². The number of para-hydroxylation sites is 1. The van der Waals surface area contributed by atoms with Gasteiger partial charge in [0.15, 0.2) is 0 Å². The van der Waals surface area contributed by atoms with Gasteiger partial charge in [-0.1, -0.05) is 23.8 Å². The molecule has 0 fully saturated rings. The molecule has 2 nitrogen and oxygen atoms in total. The lowest BCUT2D eigenvalue weighted by Gasteiger charge is -2.06. The van der Waals surface area contributed by atoms with Crippen LogP contribution in [0.3, 0.4) is 0 Å². The SMILES string of the molecule is C=C(C)CCOCCNc1ccccc1. The highest BCUT2D eigenvalue weighted by molar-refractivity contribution is 5.42. The van der Waals surface area contributed by atoms with Gasteiger partial charge in [-0.15, -0.1) is 6.58 Å². The number of anilines is 1. The Morgan fingerprint density at radius 3 is 2.67 bits per heavy atom. The molecule has 15 heavy (non-hydrogen) atoms. The Bertz CT molecular complexity index is 282. The van der Waals surface area contributed by atoms with Crippen molar-refractivity contribution < 1.29 is 4.74 Å². The average Bonchev–Trinajstić information content (AvgIpc) is 2.24. The van der Waals surface area contributed by atoms with Gasteiger partial charge >= 0.3 is 0 Å². The minimum atomic E-state index is 0.738. The van der Waals surface area contributed by atoms with E-state index in [0.29, 0.717) is 0 Å². The van der Waals surface area contributed by atoms with E-state index in [9.17, 15) is 0 Å². The summed E-state index contributed by atoms with van der Waals surface area (Å²) >= 11 is 0. The lowest BCUT2D eigenvalue weighted by molar-refractivity contribution is 0.147. The maximum Gasteiger partial charge on any atom is 0.0639 e. The molecule has 0 atom stereocenters. The summed E-state index contributed by atoms with van der Waals surface area (Å²) < 4.78 is 5.44. The van der Waals surface area contributed by atoms with Gasteiger partial charge in [0.1, 0.15) is 0 Å². The topological polar surface area (TPSA) is 21.3 Å². The van der Waals surface area contributed by atoms with Crippen molar-refractivity contribution in [2.45, 2.75) is 13.3 Å². The number of benzene rings is 1. The Hall–Kier alpha value is -1.28. The fourth-order valence-corrected chi connectivity index (χ4v) is 1.17. The third-order valence-corrected chi connectivity index (χ3v) is 2.02. The van der Waals surface area contributed by atoms with Gasteiger partial charge in [-0.2, -0.15) is 0 Å². The second-order valence-corrected chi connectivity index (χ2v) is 3.61. The third-order valence-electron chi connectivity index (χ3n) is 2.02. The van der Waals surface area contributed by atoms with Crippen LogP contribution < -0.4 is 5.32 Å². The second kappa shape index (κ2) is 7.07. The summed E-state index contributed by atoms with van der Waals surface area (Å²) in [5.74, 6) is 0. The molecule has 82 valence electrons. The minimum Gasteiger partial charge on any atom is -0.383 e. The summed E-state index contributed by atoms with van der Waals surface area (Å²) in [4.78, 5) is 0. The van der Waals surface area contributed by atoms with Gasteiger partial charge in [-0.3, -0.25) is 0 Å². The smallest absolute Gasteiger partial charge is 0.0639 e. The number of rotatable bonds is 7. The molecular weight excluding hydrogens is 186 g/mol. The fraction of sp³-hybridized carbons (Fsp3) is 0.385. The zero-order valence-corrected chi connectivity index (χ0v) is 9.33. The molecule has 0 aromatic heterocycles. The van der Waals surface area contributed by atoms with Gasteiger partial charge in [0.2, 0.25) is 0 Å².